The van der Waals surface area contributed by atoms with Crippen LogP contribution >= 0.6 is 0 Å². The van der Waals surface area contributed by atoms with Crippen LogP contribution in [0.5, 0.6) is 0 Å². The first-order chi connectivity index (χ1) is 8.43. The highest BCUT2D eigenvalue weighted by molar-refractivity contribution is 4.84. The zero-order chi connectivity index (χ0) is 12.2. The fourth-order valence-corrected chi connectivity index (χ4v) is 2.54. The molecular weight excluding hydrogens is 208 g/mol. The summed E-state index contributed by atoms with van der Waals surface area (Å²) in [4.78, 5) is 0. The van der Waals surface area contributed by atoms with Crippen molar-refractivity contribution in [2.75, 3.05) is 6.61 Å². The van der Waals surface area contributed by atoms with Crippen LogP contribution in [0.3, 0.4) is 0 Å². The summed E-state index contributed by atoms with van der Waals surface area (Å²) in [6, 6.07) is 0. The Labute approximate surface area is 108 Å². The molecule has 0 aromatic heterocycles. The molecule has 1 atom stereocenters. The van der Waals surface area contributed by atoms with E-state index in [1.165, 1.54) is 77.0 Å². The Bertz CT molecular complexity index is 150. The Morgan fingerprint density at radius 3 is 2.18 bits per heavy atom. The van der Waals surface area contributed by atoms with E-state index in [0.29, 0.717) is 6.10 Å². The van der Waals surface area contributed by atoms with E-state index in [1.54, 1.807) is 0 Å². The maximum atomic E-state index is 5.81. The van der Waals surface area contributed by atoms with E-state index in [2.05, 4.69) is 13.3 Å². The fourth-order valence-electron chi connectivity index (χ4n) is 2.54. The monoisotopic (exact) mass is 239 g/mol. The molecule has 1 rings (SSSR count). The van der Waals surface area contributed by atoms with Crippen molar-refractivity contribution in [3.05, 3.63) is 6.42 Å². The Morgan fingerprint density at radius 2 is 1.59 bits per heavy atom. The highest BCUT2D eigenvalue weighted by atomic mass is 16.5. The lowest BCUT2D eigenvalue weighted by Crippen LogP contribution is -2.08. The van der Waals surface area contributed by atoms with Gasteiger partial charge in [-0.1, -0.05) is 64.7 Å². The van der Waals surface area contributed by atoms with Crippen LogP contribution in [0.25, 0.3) is 0 Å². The van der Waals surface area contributed by atoms with Crippen molar-refractivity contribution in [3.8, 4) is 0 Å². The van der Waals surface area contributed by atoms with Gasteiger partial charge >= 0.3 is 0 Å². The van der Waals surface area contributed by atoms with E-state index in [9.17, 15) is 0 Å². The first-order valence-electron chi connectivity index (χ1n) is 7.88. The van der Waals surface area contributed by atoms with Crippen LogP contribution in [0.2, 0.25) is 0 Å². The smallest absolute Gasteiger partial charge is 0.0606 e. The lowest BCUT2D eigenvalue weighted by atomic mass is 10.1. The number of unbranched alkanes of at least 4 members (excludes halogenated alkanes) is 8. The molecule has 0 bridgehead atoms. The lowest BCUT2D eigenvalue weighted by molar-refractivity contribution is 0.0764. The summed E-state index contributed by atoms with van der Waals surface area (Å²) in [5.74, 6) is 0. The molecule has 1 saturated carbocycles. The van der Waals surface area contributed by atoms with E-state index >= 15 is 0 Å². The highest BCUT2D eigenvalue weighted by Gasteiger charge is 2.14. The topological polar surface area (TPSA) is 9.23 Å². The quantitative estimate of drug-likeness (QED) is 0.445. The third-order valence-corrected chi connectivity index (χ3v) is 3.70. The van der Waals surface area contributed by atoms with Crippen LogP contribution in [-0.4, -0.2) is 12.7 Å². The third kappa shape index (κ3) is 8.65. The van der Waals surface area contributed by atoms with Gasteiger partial charge < -0.3 is 4.74 Å². The average Bonchev–Trinajstić information content (AvgIpc) is 2.85. The second-order valence-electron chi connectivity index (χ2n) is 5.40. The van der Waals surface area contributed by atoms with Gasteiger partial charge in [-0.05, 0) is 25.7 Å². The van der Waals surface area contributed by atoms with Gasteiger partial charge in [-0.2, -0.15) is 0 Å². The average molecular weight is 239 g/mol. The predicted octanol–water partition coefficient (Wildman–Crippen LogP) is 5.29. The first-order valence-corrected chi connectivity index (χ1v) is 7.88. The molecule has 0 aromatic carbocycles. The van der Waals surface area contributed by atoms with Crippen LogP contribution in [-0.2, 0) is 4.74 Å². The van der Waals surface area contributed by atoms with Crippen LogP contribution < -0.4 is 0 Å². The van der Waals surface area contributed by atoms with Crippen LogP contribution in [0.15, 0.2) is 0 Å². The first kappa shape index (κ1) is 15.0. The standard InChI is InChI=1S/C16H31O/c1-2-3-4-5-6-7-8-9-12-15-17-16-13-10-11-14-16/h13,16H,2-12,14-15H2,1H3. The molecule has 1 fully saturated rings. The van der Waals surface area contributed by atoms with Crippen LogP contribution in [0, 0.1) is 6.42 Å². The zero-order valence-electron chi connectivity index (χ0n) is 11.8. The van der Waals surface area contributed by atoms with E-state index in [-0.39, 0.29) is 0 Å². The summed E-state index contributed by atoms with van der Waals surface area (Å²) in [6.45, 7) is 3.26. The van der Waals surface area contributed by atoms with Gasteiger partial charge in [0.1, 0.15) is 0 Å². The Balaban J connectivity index is 1.69. The summed E-state index contributed by atoms with van der Waals surface area (Å²) in [5, 5.41) is 0. The molecule has 0 aromatic rings. The van der Waals surface area contributed by atoms with Crippen molar-refractivity contribution in [2.24, 2.45) is 0 Å². The van der Waals surface area contributed by atoms with Gasteiger partial charge in [-0.15, -0.1) is 0 Å². The van der Waals surface area contributed by atoms with E-state index in [0.717, 1.165) is 6.61 Å². The van der Waals surface area contributed by atoms with Gasteiger partial charge in [-0.3, -0.25) is 0 Å². The molecule has 0 heterocycles. The van der Waals surface area contributed by atoms with Gasteiger partial charge in [0, 0.05) is 6.61 Å². The molecule has 0 amide bonds. The van der Waals surface area contributed by atoms with Crippen LogP contribution in [0.4, 0.5) is 0 Å². The molecule has 101 valence electrons. The number of ether oxygens (including phenoxy) is 1. The zero-order valence-corrected chi connectivity index (χ0v) is 11.8. The van der Waals surface area contributed by atoms with Gasteiger partial charge in [0.05, 0.1) is 6.10 Å². The number of rotatable bonds is 11. The number of hydrogen-bond donors (Lipinski definition) is 0. The summed E-state index contributed by atoms with van der Waals surface area (Å²) >= 11 is 0. The minimum Gasteiger partial charge on any atom is -0.378 e. The molecule has 1 radical (unpaired) electrons. The molecular formula is C16H31O. The summed E-state index contributed by atoms with van der Waals surface area (Å²) in [7, 11) is 0. The molecule has 0 saturated heterocycles. The second kappa shape index (κ2) is 11.1. The van der Waals surface area contributed by atoms with Crippen molar-refractivity contribution < 1.29 is 4.74 Å². The molecule has 1 unspecified atom stereocenters. The van der Waals surface area contributed by atoms with Crippen molar-refractivity contribution in [2.45, 2.75) is 90.1 Å². The minimum absolute atomic E-state index is 0.490. The molecule has 0 spiro atoms. The van der Waals surface area contributed by atoms with E-state index < -0.39 is 0 Å². The Hall–Kier alpha value is -0.0400. The molecule has 1 nitrogen and oxygen atoms in total. The molecule has 1 aliphatic carbocycles. The molecule has 0 N–H and O–H groups in total. The predicted molar refractivity (Wildman–Crippen MR) is 75.1 cm³/mol. The van der Waals surface area contributed by atoms with Crippen molar-refractivity contribution >= 4 is 0 Å². The van der Waals surface area contributed by atoms with E-state index in [4.69, 9.17) is 4.74 Å². The molecule has 0 aliphatic heterocycles. The second-order valence-corrected chi connectivity index (χ2v) is 5.40. The maximum absolute atomic E-state index is 5.81. The molecule has 1 aliphatic rings. The highest BCUT2D eigenvalue weighted by Crippen LogP contribution is 2.20. The fraction of sp³-hybridized carbons (Fsp3) is 0.938. The van der Waals surface area contributed by atoms with Crippen molar-refractivity contribution in [1.82, 2.24) is 0 Å². The largest absolute Gasteiger partial charge is 0.378 e. The summed E-state index contributed by atoms with van der Waals surface area (Å²) in [6.07, 6.45) is 19.3. The summed E-state index contributed by atoms with van der Waals surface area (Å²) in [5.41, 5.74) is 0. The lowest BCUT2D eigenvalue weighted by Gasteiger charge is -2.10. The Morgan fingerprint density at radius 1 is 0.941 bits per heavy atom. The summed E-state index contributed by atoms with van der Waals surface area (Å²) < 4.78 is 5.81. The van der Waals surface area contributed by atoms with Gasteiger partial charge in [-0.25, -0.2) is 0 Å². The third-order valence-electron chi connectivity index (χ3n) is 3.70. The number of hydrogen-bond acceptors (Lipinski definition) is 1. The van der Waals surface area contributed by atoms with Crippen molar-refractivity contribution in [1.29, 1.82) is 0 Å². The van der Waals surface area contributed by atoms with Crippen molar-refractivity contribution in [3.63, 3.8) is 0 Å². The van der Waals surface area contributed by atoms with E-state index in [1.807, 2.05) is 0 Å². The molecule has 17 heavy (non-hydrogen) atoms. The van der Waals surface area contributed by atoms with Gasteiger partial charge in [0.15, 0.2) is 0 Å². The molecule has 1 heteroatoms. The SMILES string of the molecule is CCCCCCCCCCCOC1[CH]CCC1. The Kier molecular flexibility index (Phi) is 9.78. The minimum atomic E-state index is 0.490. The van der Waals surface area contributed by atoms with Crippen LogP contribution in [0.1, 0.15) is 84.0 Å². The maximum Gasteiger partial charge on any atom is 0.0606 e. The normalized spacial score (nSPS) is 16.8. The van der Waals surface area contributed by atoms with Gasteiger partial charge in [0.25, 0.3) is 0 Å². The van der Waals surface area contributed by atoms with Gasteiger partial charge in [0.2, 0.25) is 0 Å².